The zero-order valence-corrected chi connectivity index (χ0v) is 19.0. The Bertz CT molecular complexity index is 1350. The van der Waals surface area contributed by atoms with E-state index in [0.717, 1.165) is 23.2 Å². The molecule has 0 aliphatic carbocycles. The molecule has 0 aromatic carbocycles. The Morgan fingerprint density at radius 2 is 1.97 bits per heavy atom. The van der Waals surface area contributed by atoms with Crippen molar-refractivity contribution in [2.45, 2.75) is 33.2 Å². The van der Waals surface area contributed by atoms with Gasteiger partial charge in [0.2, 0.25) is 0 Å². The van der Waals surface area contributed by atoms with Gasteiger partial charge in [-0.15, -0.1) is 10.2 Å². The summed E-state index contributed by atoms with van der Waals surface area (Å²) in [5.41, 5.74) is 2.72. The summed E-state index contributed by atoms with van der Waals surface area (Å²) in [4.78, 5) is 34.6. The molecule has 0 saturated carbocycles. The number of hydrogen-bond acceptors (Lipinski definition) is 6. The first kappa shape index (κ1) is 22.1. The van der Waals surface area contributed by atoms with Gasteiger partial charge in [-0.05, 0) is 44.5 Å². The molecule has 0 aliphatic heterocycles. The van der Waals surface area contributed by atoms with Gasteiger partial charge < -0.3 is 14.5 Å². The summed E-state index contributed by atoms with van der Waals surface area (Å²) in [5, 5.41) is 10.9. The molecule has 0 saturated heterocycles. The maximum Gasteiger partial charge on any atom is 0.263 e. The highest BCUT2D eigenvalue weighted by Crippen LogP contribution is 2.21. The predicted molar refractivity (Wildman–Crippen MR) is 126 cm³/mol. The van der Waals surface area contributed by atoms with Gasteiger partial charge in [-0.25, -0.2) is 4.98 Å². The lowest BCUT2D eigenvalue weighted by Gasteiger charge is -2.11. The van der Waals surface area contributed by atoms with Crippen molar-refractivity contribution in [3.63, 3.8) is 0 Å². The molecule has 0 bridgehead atoms. The van der Waals surface area contributed by atoms with Crippen LogP contribution in [0.2, 0.25) is 0 Å². The normalized spacial score (nSPS) is 11.1. The SMILES string of the molecule is CCc1ccc(-c2cc(C(=O)Nc3cccc(-c4nncn4C(C)C)n3)c(=O)n(C)c2)cn1. The Balaban J connectivity index is 1.64. The van der Waals surface area contributed by atoms with Gasteiger partial charge in [-0.1, -0.05) is 19.1 Å². The van der Waals surface area contributed by atoms with Crippen molar-refractivity contribution < 1.29 is 4.79 Å². The first-order valence-electron chi connectivity index (χ1n) is 10.7. The average Bonchev–Trinajstić information content (AvgIpc) is 3.31. The Morgan fingerprint density at radius 1 is 1.15 bits per heavy atom. The van der Waals surface area contributed by atoms with E-state index in [1.54, 1.807) is 50.0 Å². The molecule has 1 amide bonds. The van der Waals surface area contributed by atoms with E-state index < -0.39 is 11.5 Å². The van der Waals surface area contributed by atoms with Crippen LogP contribution in [-0.4, -0.2) is 35.2 Å². The van der Waals surface area contributed by atoms with Crippen molar-refractivity contribution >= 4 is 11.7 Å². The molecule has 0 radical (unpaired) electrons. The van der Waals surface area contributed by atoms with Gasteiger partial charge >= 0.3 is 0 Å². The van der Waals surface area contributed by atoms with Crippen molar-refractivity contribution in [3.8, 4) is 22.6 Å². The molecule has 0 aliphatic rings. The van der Waals surface area contributed by atoms with E-state index in [4.69, 9.17) is 0 Å². The van der Waals surface area contributed by atoms with Gasteiger partial charge in [0, 0.05) is 42.3 Å². The molecule has 4 aromatic rings. The number of nitrogens with zero attached hydrogens (tertiary/aromatic N) is 6. The smallest absolute Gasteiger partial charge is 0.263 e. The zero-order chi connectivity index (χ0) is 23.5. The monoisotopic (exact) mass is 443 g/mol. The van der Waals surface area contributed by atoms with E-state index >= 15 is 0 Å². The van der Waals surface area contributed by atoms with Gasteiger partial charge in [-0.3, -0.25) is 14.6 Å². The second kappa shape index (κ2) is 9.15. The third-order valence-corrected chi connectivity index (χ3v) is 5.30. The number of amides is 1. The van der Waals surface area contributed by atoms with Crippen molar-refractivity contribution in [3.05, 3.63) is 76.7 Å². The summed E-state index contributed by atoms with van der Waals surface area (Å²) in [6.07, 6.45) is 5.92. The quantitative estimate of drug-likeness (QED) is 0.489. The van der Waals surface area contributed by atoms with E-state index in [9.17, 15) is 9.59 Å². The molecule has 33 heavy (non-hydrogen) atoms. The van der Waals surface area contributed by atoms with Crippen molar-refractivity contribution in [2.24, 2.45) is 7.05 Å². The molecule has 9 nitrogen and oxygen atoms in total. The molecule has 0 spiro atoms. The third kappa shape index (κ3) is 4.57. The topological polar surface area (TPSA) is 108 Å². The Kier molecular flexibility index (Phi) is 6.12. The number of pyridine rings is 3. The maximum absolute atomic E-state index is 13.0. The summed E-state index contributed by atoms with van der Waals surface area (Å²) in [5.74, 6) is 0.379. The predicted octanol–water partition coefficient (Wildman–Crippen LogP) is 3.50. The number of aryl methyl sites for hydroxylation is 2. The van der Waals surface area contributed by atoms with Crippen LogP contribution in [0, 0.1) is 0 Å². The molecule has 168 valence electrons. The van der Waals surface area contributed by atoms with Crippen LogP contribution < -0.4 is 10.9 Å². The molecule has 0 fully saturated rings. The highest BCUT2D eigenvalue weighted by Gasteiger charge is 2.17. The zero-order valence-electron chi connectivity index (χ0n) is 19.0. The van der Waals surface area contributed by atoms with Crippen LogP contribution in [0.25, 0.3) is 22.6 Å². The average molecular weight is 444 g/mol. The Labute approximate surface area is 191 Å². The number of aromatic nitrogens is 6. The number of hydrogen-bond donors (Lipinski definition) is 1. The van der Waals surface area contributed by atoms with E-state index in [1.807, 2.05) is 37.5 Å². The van der Waals surface area contributed by atoms with E-state index in [0.29, 0.717) is 17.3 Å². The maximum atomic E-state index is 13.0. The van der Waals surface area contributed by atoms with Crippen molar-refractivity contribution in [2.75, 3.05) is 5.32 Å². The molecule has 0 atom stereocenters. The minimum Gasteiger partial charge on any atom is -0.317 e. The highest BCUT2D eigenvalue weighted by atomic mass is 16.2. The molecule has 0 unspecified atom stereocenters. The lowest BCUT2D eigenvalue weighted by atomic mass is 10.1. The van der Waals surface area contributed by atoms with Crippen LogP contribution in [0.4, 0.5) is 5.82 Å². The lowest BCUT2D eigenvalue weighted by molar-refractivity contribution is 0.102. The first-order valence-corrected chi connectivity index (χ1v) is 10.7. The summed E-state index contributed by atoms with van der Waals surface area (Å²) < 4.78 is 3.29. The largest absolute Gasteiger partial charge is 0.317 e. The molecular weight excluding hydrogens is 418 g/mol. The fourth-order valence-corrected chi connectivity index (χ4v) is 3.45. The van der Waals surface area contributed by atoms with Gasteiger partial charge in [0.25, 0.3) is 11.5 Å². The van der Waals surface area contributed by atoms with E-state index in [2.05, 4.69) is 25.5 Å². The lowest BCUT2D eigenvalue weighted by Crippen LogP contribution is -2.27. The molecule has 1 N–H and O–H groups in total. The summed E-state index contributed by atoms with van der Waals surface area (Å²) in [7, 11) is 1.62. The van der Waals surface area contributed by atoms with E-state index in [1.165, 1.54) is 4.57 Å². The second-order valence-corrected chi connectivity index (χ2v) is 7.97. The summed E-state index contributed by atoms with van der Waals surface area (Å²) in [6.45, 7) is 6.07. The number of carbonyl (C=O) groups excluding carboxylic acids is 1. The van der Waals surface area contributed by atoms with Crippen LogP contribution in [0.15, 0.2) is 59.9 Å². The van der Waals surface area contributed by atoms with E-state index in [-0.39, 0.29) is 11.6 Å². The number of nitrogens with one attached hydrogen (secondary N) is 1. The fourth-order valence-electron chi connectivity index (χ4n) is 3.45. The fraction of sp³-hybridized carbons (Fsp3) is 0.250. The van der Waals surface area contributed by atoms with Crippen LogP contribution in [0.5, 0.6) is 0 Å². The number of anilines is 1. The van der Waals surface area contributed by atoms with Crippen LogP contribution >= 0.6 is 0 Å². The van der Waals surface area contributed by atoms with Crippen molar-refractivity contribution in [1.29, 1.82) is 0 Å². The van der Waals surface area contributed by atoms with Gasteiger partial charge in [0.15, 0.2) is 5.82 Å². The summed E-state index contributed by atoms with van der Waals surface area (Å²) >= 11 is 0. The van der Waals surface area contributed by atoms with Crippen molar-refractivity contribution in [1.82, 2.24) is 29.3 Å². The van der Waals surface area contributed by atoms with Gasteiger partial charge in [0.1, 0.15) is 23.4 Å². The molecule has 4 aromatic heterocycles. The Hall–Kier alpha value is -4.14. The first-order chi connectivity index (χ1) is 15.9. The standard InChI is InChI=1S/C24H25N7O2/c1-5-18-10-9-16(12-25-18)17-11-19(24(33)30(4)13-17)23(32)28-21-8-6-7-20(27-21)22-29-26-14-31(22)15(2)3/h6-15H,5H2,1-4H3,(H,27,28,32). The van der Waals surface area contributed by atoms with Crippen LogP contribution in [0.1, 0.15) is 42.9 Å². The highest BCUT2D eigenvalue weighted by molar-refractivity contribution is 6.04. The molecule has 4 rings (SSSR count). The minimum atomic E-state index is -0.537. The third-order valence-electron chi connectivity index (χ3n) is 5.30. The minimum absolute atomic E-state index is 0.0205. The second-order valence-electron chi connectivity index (χ2n) is 7.97. The number of rotatable bonds is 6. The number of carbonyl (C=O) groups is 1. The van der Waals surface area contributed by atoms with Gasteiger partial charge in [0.05, 0.1) is 0 Å². The summed E-state index contributed by atoms with van der Waals surface area (Å²) in [6, 6.07) is 10.8. The van der Waals surface area contributed by atoms with Gasteiger partial charge in [-0.2, -0.15) is 0 Å². The Morgan fingerprint density at radius 3 is 2.67 bits per heavy atom. The van der Waals surface area contributed by atoms with Crippen LogP contribution in [0.3, 0.4) is 0 Å². The van der Waals surface area contributed by atoms with Crippen LogP contribution in [-0.2, 0) is 13.5 Å². The molecule has 4 heterocycles. The molecular formula is C24H25N7O2. The molecule has 9 heteroatoms.